The Kier molecular flexibility index (Phi) is 12.9. The van der Waals surface area contributed by atoms with Crippen LogP contribution >= 0.6 is 27.5 Å². The highest BCUT2D eigenvalue weighted by atomic mass is 79.9. The molecule has 0 aromatic heterocycles. The van der Waals surface area contributed by atoms with Crippen molar-refractivity contribution in [3.63, 3.8) is 0 Å². The average Bonchev–Trinajstić information content (AvgIpc) is 2.97. The Morgan fingerprint density at radius 1 is 1.02 bits per heavy atom. The summed E-state index contributed by atoms with van der Waals surface area (Å²) < 4.78 is 32.7. The molecular weight excluding hydrogens is 654 g/mol. The number of anilines is 1. The number of ether oxygens (including phenoxy) is 1. The number of carbonyl (C=O) groups is 2. The Morgan fingerprint density at radius 2 is 1.70 bits per heavy atom. The van der Waals surface area contributed by atoms with Gasteiger partial charge in [-0.1, -0.05) is 76.9 Å². The first-order valence-electron chi connectivity index (χ1n) is 14.1. The molecule has 3 aromatic carbocycles. The predicted molar refractivity (Wildman–Crippen MR) is 176 cm³/mol. The van der Waals surface area contributed by atoms with Crippen molar-refractivity contribution in [3.8, 4) is 5.75 Å². The molecule has 0 saturated carbocycles. The van der Waals surface area contributed by atoms with E-state index in [1.807, 2.05) is 68.4 Å². The molecule has 0 aliphatic rings. The zero-order chi connectivity index (χ0) is 31.6. The summed E-state index contributed by atoms with van der Waals surface area (Å²) >= 11 is 9.72. The van der Waals surface area contributed by atoms with Gasteiger partial charge < -0.3 is 15.0 Å². The number of hydrogen-bond donors (Lipinski definition) is 1. The lowest BCUT2D eigenvalue weighted by Gasteiger charge is -2.32. The molecule has 232 valence electrons. The maximum atomic E-state index is 13.9. The first-order valence-corrected chi connectivity index (χ1v) is 17.1. The number of carbonyl (C=O) groups excluding carboxylic acids is 2. The van der Waals surface area contributed by atoms with Crippen molar-refractivity contribution < 1.29 is 22.7 Å². The zero-order valence-corrected chi connectivity index (χ0v) is 28.1. The van der Waals surface area contributed by atoms with Crippen molar-refractivity contribution >= 4 is 55.1 Å². The van der Waals surface area contributed by atoms with Crippen LogP contribution in [-0.4, -0.2) is 57.1 Å². The third-order valence-corrected chi connectivity index (χ3v) is 9.13. The molecule has 0 aliphatic heterocycles. The molecule has 2 amide bonds. The van der Waals surface area contributed by atoms with Crippen LogP contribution in [0.25, 0.3) is 0 Å². The topological polar surface area (TPSA) is 96.0 Å². The van der Waals surface area contributed by atoms with Gasteiger partial charge in [0, 0.05) is 36.4 Å². The van der Waals surface area contributed by atoms with Crippen LogP contribution in [0.1, 0.15) is 44.2 Å². The summed E-state index contributed by atoms with van der Waals surface area (Å²) in [5.41, 5.74) is 2.18. The van der Waals surface area contributed by atoms with E-state index in [2.05, 4.69) is 21.2 Å². The molecule has 1 N–H and O–H groups in total. The first kappa shape index (κ1) is 34.4. The highest BCUT2D eigenvalue weighted by molar-refractivity contribution is 9.10. The quantitative estimate of drug-likeness (QED) is 0.204. The number of amides is 2. The second-order valence-corrected chi connectivity index (χ2v) is 13.7. The summed E-state index contributed by atoms with van der Waals surface area (Å²) in [6.45, 7) is 4.21. The summed E-state index contributed by atoms with van der Waals surface area (Å²) in [6.07, 6.45) is 2.47. The van der Waals surface area contributed by atoms with Crippen LogP contribution in [0.15, 0.2) is 77.3 Å². The van der Waals surface area contributed by atoms with Crippen molar-refractivity contribution in [1.29, 1.82) is 0 Å². The fourth-order valence-corrected chi connectivity index (χ4v) is 6.07. The molecule has 3 aromatic rings. The Bertz CT molecular complexity index is 1470. The van der Waals surface area contributed by atoms with Crippen molar-refractivity contribution in [2.75, 3.05) is 24.2 Å². The van der Waals surface area contributed by atoms with Crippen LogP contribution in [0.2, 0.25) is 5.02 Å². The van der Waals surface area contributed by atoms with E-state index in [0.29, 0.717) is 17.9 Å². The second-order valence-electron chi connectivity index (χ2n) is 10.4. The van der Waals surface area contributed by atoms with E-state index in [4.69, 9.17) is 16.3 Å². The molecule has 0 fully saturated rings. The summed E-state index contributed by atoms with van der Waals surface area (Å²) in [4.78, 5) is 29.2. The average molecular weight is 693 g/mol. The van der Waals surface area contributed by atoms with Gasteiger partial charge in [-0.2, -0.15) is 0 Å². The minimum atomic E-state index is -3.67. The van der Waals surface area contributed by atoms with E-state index in [0.717, 1.165) is 28.3 Å². The van der Waals surface area contributed by atoms with E-state index in [9.17, 15) is 18.0 Å². The van der Waals surface area contributed by atoms with Crippen LogP contribution in [0, 0.1) is 0 Å². The summed E-state index contributed by atoms with van der Waals surface area (Å²) in [7, 11) is -2.19. The molecule has 0 saturated heterocycles. The number of methoxy groups -OCH3 is 1. The molecule has 0 heterocycles. The van der Waals surface area contributed by atoms with Gasteiger partial charge in [0.2, 0.25) is 21.8 Å². The lowest BCUT2D eigenvalue weighted by atomic mass is 10.0. The third-order valence-electron chi connectivity index (χ3n) is 7.11. The smallest absolute Gasteiger partial charge is 0.243 e. The molecule has 0 radical (unpaired) electrons. The number of nitrogens with one attached hydrogen (secondary N) is 1. The Balaban J connectivity index is 1.89. The van der Waals surface area contributed by atoms with Gasteiger partial charge in [-0.3, -0.25) is 13.9 Å². The molecule has 11 heteroatoms. The number of halogens is 2. The molecule has 0 aliphatic carbocycles. The van der Waals surface area contributed by atoms with E-state index < -0.39 is 16.1 Å². The lowest BCUT2D eigenvalue weighted by Crippen LogP contribution is -2.52. The van der Waals surface area contributed by atoms with Gasteiger partial charge in [0.25, 0.3) is 0 Å². The highest BCUT2D eigenvalue weighted by Crippen LogP contribution is 2.30. The second kappa shape index (κ2) is 16.1. The largest absolute Gasteiger partial charge is 0.495 e. The van der Waals surface area contributed by atoms with Gasteiger partial charge in [0.15, 0.2) is 0 Å². The maximum absolute atomic E-state index is 13.9. The molecule has 3 rings (SSSR count). The molecule has 0 spiro atoms. The molecule has 0 unspecified atom stereocenters. The van der Waals surface area contributed by atoms with E-state index in [1.165, 1.54) is 17.5 Å². The monoisotopic (exact) mass is 691 g/mol. The molecule has 2 atom stereocenters. The van der Waals surface area contributed by atoms with Crippen molar-refractivity contribution in [1.82, 2.24) is 10.2 Å². The molecule has 8 nitrogen and oxygen atoms in total. The maximum Gasteiger partial charge on any atom is 0.243 e. The fourth-order valence-electron chi connectivity index (χ4n) is 4.60. The van der Waals surface area contributed by atoms with E-state index >= 15 is 0 Å². The number of hydrogen-bond acceptors (Lipinski definition) is 5. The number of rotatable bonds is 15. The predicted octanol–water partition coefficient (Wildman–Crippen LogP) is 6.21. The van der Waals surface area contributed by atoms with E-state index in [-0.39, 0.29) is 48.8 Å². The van der Waals surface area contributed by atoms with Gasteiger partial charge in [-0.25, -0.2) is 8.42 Å². The van der Waals surface area contributed by atoms with Crippen LogP contribution in [0.5, 0.6) is 5.75 Å². The molecule has 43 heavy (non-hydrogen) atoms. The molecular formula is C32H39BrClN3O5S. The summed E-state index contributed by atoms with van der Waals surface area (Å²) in [5.74, 6) is -0.0450. The van der Waals surface area contributed by atoms with Gasteiger partial charge in [-0.15, -0.1) is 0 Å². The van der Waals surface area contributed by atoms with Gasteiger partial charge in [0.1, 0.15) is 11.8 Å². The SMILES string of the molecule is CC[C@H](C)NC(=O)[C@@H](Cc1ccccc1)N(Cc1ccc(Br)cc1)C(=O)CCCN(c1ccc(OC)c(Cl)c1)S(C)(=O)=O. The normalized spacial score (nSPS) is 12.7. The zero-order valence-electron chi connectivity index (χ0n) is 24.9. The summed E-state index contributed by atoms with van der Waals surface area (Å²) in [6, 6.07) is 21.1. The minimum Gasteiger partial charge on any atom is -0.495 e. The van der Waals surface area contributed by atoms with E-state index in [1.54, 1.807) is 17.0 Å². The number of benzene rings is 3. The summed E-state index contributed by atoms with van der Waals surface area (Å²) in [5, 5.41) is 3.34. The number of nitrogens with zero attached hydrogens (tertiary/aromatic N) is 2. The van der Waals surface area contributed by atoms with Crippen molar-refractivity contribution in [2.45, 2.75) is 58.2 Å². The van der Waals surface area contributed by atoms with Crippen molar-refractivity contribution in [3.05, 3.63) is 93.4 Å². The van der Waals surface area contributed by atoms with Crippen LogP contribution in [-0.2, 0) is 32.6 Å². The standard InChI is InChI=1S/C32H39BrClN3O5S/c1-5-23(2)35-32(39)29(20-24-10-7-6-8-11-24)36(22-25-13-15-26(33)16-14-25)31(38)12-9-19-37(43(4,40)41)27-17-18-30(42-3)28(34)21-27/h6-8,10-11,13-18,21,23,29H,5,9,12,19-20,22H2,1-4H3,(H,35,39)/t23-,29+/m0/s1. The van der Waals surface area contributed by atoms with Gasteiger partial charge in [0.05, 0.1) is 24.1 Å². The Hall–Kier alpha value is -3.08. The van der Waals surface area contributed by atoms with Crippen molar-refractivity contribution in [2.24, 2.45) is 0 Å². The lowest BCUT2D eigenvalue weighted by molar-refractivity contribution is -0.141. The third kappa shape index (κ3) is 10.3. The fraction of sp³-hybridized carbons (Fsp3) is 0.375. The highest BCUT2D eigenvalue weighted by Gasteiger charge is 2.31. The Labute approximate surface area is 268 Å². The molecule has 0 bridgehead atoms. The van der Waals surface area contributed by atoms with Crippen LogP contribution in [0.3, 0.4) is 0 Å². The van der Waals surface area contributed by atoms with Gasteiger partial charge >= 0.3 is 0 Å². The van der Waals surface area contributed by atoms with Gasteiger partial charge in [-0.05, 0) is 61.2 Å². The first-order chi connectivity index (χ1) is 20.4. The number of sulfonamides is 1. The van der Waals surface area contributed by atoms with Crippen LogP contribution < -0.4 is 14.4 Å². The Morgan fingerprint density at radius 3 is 2.28 bits per heavy atom. The van der Waals surface area contributed by atoms with Crippen LogP contribution in [0.4, 0.5) is 5.69 Å². The minimum absolute atomic E-state index is 0.0360.